The first-order valence-electron chi connectivity index (χ1n) is 6.38. The van der Waals surface area contributed by atoms with Gasteiger partial charge < -0.3 is 19.5 Å². The van der Waals surface area contributed by atoms with Gasteiger partial charge in [0.1, 0.15) is 6.10 Å². The van der Waals surface area contributed by atoms with Gasteiger partial charge in [-0.1, -0.05) is 0 Å². The summed E-state index contributed by atoms with van der Waals surface area (Å²) in [4.78, 5) is 33.0. The van der Waals surface area contributed by atoms with Gasteiger partial charge in [0.25, 0.3) is 0 Å². The lowest BCUT2D eigenvalue weighted by atomic mass is 9.99. The molecular formula is C12H16F3NO6. The highest BCUT2D eigenvalue weighted by Gasteiger charge is 2.45. The van der Waals surface area contributed by atoms with E-state index in [0.29, 0.717) is 0 Å². The number of alkyl halides is 3. The molecule has 0 radical (unpaired) electrons. The highest BCUT2D eigenvalue weighted by atomic mass is 19.4. The highest BCUT2D eigenvalue weighted by Crippen LogP contribution is 2.25. The monoisotopic (exact) mass is 327 g/mol. The predicted molar refractivity (Wildman–Crippen MR) is 64.3 cm³/mol. The van der Waals surface area contributed by atoms with E-state index in [1.807, 2.05) is 0 Å². The molecule has 22 heavy (non-hydrogen) atoms. The Morgan fingerprint density at radius 3 is 2.14 bits per heavy atom. The summed E-state index contributed by atoms with van der Waals surface area (Å²) in [7, 11) is 0. The molecule has 4 atom stereocenters. The van der Waals surface area contributed by atoms with Crippen LogP contribution in [0.2, 0.25) is 0 Å². The third kappa shape index (κ3) is 5.17. The number of rotatable bonds is 3. The van der Waals surface area contributed by atoms with Gasteiger partial charge in [0, 0.05) is 20.3 Å². The number of hydrogen-bond donors (Lipinski definition) is 1. The van der Waals surface area contributed by atoms with Crippen LogP contribution in [-0.4, -0.2) is 48.6 Å². The predicted octanol–water partition coefficient (Wildman–Crippen LogP) is 0.663. The third-order valence-corrected chi connectivity index (χ3v) is 2.85. The van der Waals surface area contributed by atoms with E-state index in [4.69, 9.17) is 14.2 Å². The summed E-state index contributed by atoms with van der Waals surface area (Å²) in [5.74, 6) is -3.60. The number of amides is 1. The Hall–Kier alpha value is -1.84. The van der Waals surface area contributed by atoms with Gasteiger partial charge in [-0.25, -0.2) is 0 Å². The smallest absolute Gasteiger partial charge is 0.458 e. The lowest BCUT2D eigenvalue weighted by Gasteiger charge is -2.39. The van der Waals surface area contributed by atoms with Crippen LogP contribution in [0, 0.1) is 0 Å². The Bertz CT molecular complexity index is 453. The summed E-state index contributed by atoms with van der Waals surface area (Å²) < 4.78 is 52.0. The second kappa shape index (κ2) is 6.95. The van der Waals surface area contributed by atoms with Gasteiger partial charge in [-0.05, 0) is 6.92 Å². The molecule has 126 valence electrons. The first-order chi connectivity index (χ1) is 10.0. The van der Waals surface area contributed by atoms with Gasteiger partial charge in [0.15, 0.2) is 0 Å². The van der Waals surface area contributed by atoms with Gasteiger partial charge in [0.05, 0.1) is 12.1 Å². The molecule has 0 aromatic carbocycles. The summed E-state index contributed by atoms with van der Waals surface area (Å²) in [5, 5.41) is 1.74. The summed E-state index contributed by atoms with van der Waals surface area (Å²) in [5.41, 5.74) is 0. The number of carbonyl (C=O) groups is 3. The maximum absolute atomic E-state index is 12.4. The molecule has 4 unspecified atom stereocenters. The third-order valence-electron chi connectivity index (χ3n) is 2.85. The normalized spacial score (nSPS) is 28.6. The number of halogens is 3. The van der Waals surface area contributed by atoms with E-state index >= 15 is 0 Å². The van der Waals surface area contributed by atoms with E-state index in [0.717, 1.165) is 13.8 Å². The molecule has 0 aliphatic carbocycles. The van der Waals surface area contributed by atoms with Crippen molar-refractivity contribution in [1.82, 2.24) is 5.32 Å². The topological polar surface area (TPSA) is 90.9 Å². The molecule has 1 fully saturated rings. The maximum Gasteiger partial charge on any atom is 0.471 e. The summed E-state index contributed by atoms with van der Waals surface area (Å²) >= 11 is 0. The van der Waals surface area contributed by atoms with Gasteiger partial charge in [-0.15, -0.1) is 0 Å². The Kier molecular flexibility index (Phi) is 5.75. The van der Waals surface area contributed by atoms with Crippen molar-refractivity contribution in [2.45, 2.75) is 57.9 Å². The van der Waals surface area contributed by atoms with Crippen LogP contribution in [0.5, 0.6) is 0 Å². The van der Waals surface area contributed by atoms with Gasteiger partial charge in [0.2, 0.25) is 6.29 Å². The van der Waals surface area contributed by atoms with Crippen LogP contribution in [0.1, 0.15) is 27.2 Å². The maximum atomic E-state index is 12.4. The van der Waals surface area contributed by atoms with Crippen LogP contribution in [0.3, 0.4) is 0 Å². The fourth-order valence-electron chi connectivity index (χ4n) is 2.06. The quantitative estimate of drug-likeness (QED) is 0.766. The summed E-state index contributed by atoms with van der Waals surface area (Å²) in [6.07, 6.45) is -8.50. The highest BCUT2D eigenvalue weighted by molar-refractivity contribution is 5.82. The van der Waals surface area contributed by atoms with E-state index in [1.54, 1.807) is 5.32 Å². The number of ether oxygens (including phenoxy) is 3. The molecule has 0 bridgehead atoms. The fraction of sp³-hybridized carbons (Fsp3) is 0.750. The zero-order valence-electron chi connectivity index (χ0n) is 12.1. The number of carbonyl (C=O) groups excluding carboxylic acids is 3. The first kappa shape index (κ1) is 18.2. The van der Waals surface area contributed by atoms with Crippen molar-refractivity contribution >= 4 is 17.8 Å². The van der Waals surface area contributed by atoms with Gasteiger partial charge in [-0.3, -0.25) is 14.4 Å². The molecule has 1 aliphatic heterocycles. The summed E-state index contributed by atoms with van der Waals surface area (Å²) in [6.45, 7) is 3.61. The van der Waals surface area contributed by atoms with Crippen LogP contribution in [0.25, 0.3) is 0 Å². The minimum absolute atomic E-state index is 0.274. The Labute approximate surface area is 124 Å². The molecule has 1 N–H and O–H groups in total. The second-order valence-electron chi connectivity index (χ2n) is 4.77. The van der Waals surface area contributed by atoms with Crippen LogP contribution in [-0.2, 0) is 28.6 Å². The largest absolute Gasteiger partial charge is 0.471 e. The Morgan fingerprint density at radius 2 is 1.68 bits per heavy atom. The molecule has 0 aromatic heterocycles. The Morgan fingerprint density at radius 1 is 1.14 bits per heavy atom. The number of esters is 2. The van der Waals surface area contributed by atoms with E-state index in [2.05, 4.69) is 0 Å². The van der Waals surface area contributed by atoms with E-state index in [-0.39, 0.29) is 6.42 Å². The van der Waals surface area contributed by atoms with Crippen LogP contribution in [0.15, 0.2) is 0 Å². The van der Waals surface area contributed by atoms with E-state index in [1.165, 1.54) is 6.92 Å². The molecule has 0 spiro atoms. The number of hydrogen-bond acceptors (Lipinski definition) is 6. The zero-order chi connectivity index (χ0) is 17.1. The average Bonchev–Trinajstić information content (AvgIpc) is 2.31. The molecule has 7 nitrogen and oxygen atoms in total. The molecule has 1 aliphatic rings. The van der Waals surface area contributed by atoms with Crippen molar-refractivity contribution < 1.29 is 41.8 Å². The molecular weight excluding hydrogens is 311 g/mol. The Balaban J connectivity index is 2.88. The van der Waals surface area contributed by atoms with Crippen LogP contribution in [0.4, 0.5) is 13.2 Å². The first-order valence-corrected chi connectivity index (χ1v) is 6.38. The van der Waals surface area contributed by atoms with Crippen molar-refractivity contribution in [2.75, 3.05) is 0 Å². The molecule has 1 saturated heterocycles. The van der Waals surface area contributed by atoms with Crippen molar-refractivity contribution in [3.8, 4) is 0 Å². The van der Waals surface area contributed by atoms with Crippen molar-refractivity contribution in [3.05, 3.63) is 0 Å². The van der Waals surface area contributed by atoms with Crippen LogP contribution < -0.4 is 5.32 Å². The lowest BCUT2D eigenvalue weighted by Crippen LogP contribution is -2.58. The molecule has 1 amide bonds. The molecule has 1 heterocycles. The van der Waals surface area contributed by atoms with Crippen molar-refractivity contribution in [3.63, 3.8) is 0 Å². The van der Waals surface area contributed by atoms with Crippen molar-refractivity contribution in [2.24, 2.45) is 0 Å². The molecule has 1 rings (SSSR count). The molecule has 10 heteroatoms. The van der Waals surface area contributed by atoms with Crippen LogP contribution >= 0.6 is 0 Å². The zero-order valence-corrected chi connectivity index (χ0v) is 12.1. The van der Waals surface area contributed by atoms with E-state index in [9.17, 15) is 27.6 Å². The van der Waals surface area contributed by atoms with E-state index < -0.39 is 48.6 Å². The minimum Gasteiger partial charge on any atom is -0.458 e. The fourth-order valence-corrected chi connectivity index (χ4v) is 2.06. The van der Waals surface area contributed by atoms with Gasteiger partial charge in [-0.2, -0.15) is 13.2 Å². The molecule has 0 saturated carbocycles. The second-order valence-corrected chi connectivity index (χ2v) is 4.77. The van der Waals surface area contributed by atoms with Crippen molar-refractivity contribution in [1.29, 1.82) is 0 Å². The standard InChI is InChI=1S/C12H16F3NO6/c1-5-10(22-7(3)18)8(16-11(19)12(13,14)15)4-9(20-5)21-6(2)17/h5,8-10H,4H2,1-3H3,(H,16,19). The minimum atomic E-state index is -5.08. The average molecular weight is 327 g/mol. The molecule has 0 aromatic rings. The lowest BCUT2D eigenvalue weighted by molar-refractivity contribution is -0.230. The SMILES string of the molecule is CC(=O)OC1CC(NC(=O)C(F)(F)F)C(OC(C)=O)C(C)O1. The van der Waals surface area contributed by atoms with Gasteiger partial charge >= 0.3 is 24.0 Å². The number of nitrogens with one attached hydrogen (secondary N) is 1. The summed E-state index contributed by atoms with van der Waals surface area (Å²) in [6, 6.07) is -1.20.